The molecule has 146 valence electrons. The smallest absolute Gasteiger partial charge is 0.207 e. The van der Waals surface area contributed by atoms with E-state index in [9.17, 15) is 0 Å². The second kappa shape index (κ2) is 8.39. The number of aromatic nitrogens is 3. The molecule has 0 saturated carbocycles. The second-order valence-corrected chi connectivity index (χ2v) is 7.87. The van der Waals surface area contributed by atoms with Gasteiger partial charge in [-0.05, 0) is 43.3 Å². The van der Waals surface area contributed by atoms with Crippen LogP contribution in [-0.2, 0) is 17.8 Å². The van der Waals surface area contributed by atoms with Crippen LogP contribution in [0.4, 0.5) is 0 Å². The van der Waals surface area contributed by atoms with Crippen LogP contribution in [0.2, 0.25) is 0 Å². The van der Waals surface area contributed by atoms with Crippen molar-refractivity contribution in [2.45, 2.75) is 26.9 Å². The lowest BCUT2D eigenvalue weighted by molar-refractivity contribution is -0.930. The Hall–Kier alpha value is -2.28. The summed E-state index contributed by atoms with van der Waals surface area (Å²) in [5.41, 5.74) is 4.82. The molecule has 0 aliphatic carbocycles. The lowest BCUT2D eigenvalue weighted by Crippen LogP contribution is -3.13. The van der Waals surface area contributed by atoms with Gasteiger partial charge < -0.3 is 9.64 Å². The summed E-state index contributed by atoms with van der Waals surface area (Å²) in [6.45, 7) is 8.63. The number of nitrogens with one attached hydrogen (secondary N) is 1. The van der Waals surface area contributed by atoms with Gasteiger partial charge in [0.2, 0.25) is 4.77 Å². The number of quaternary nitrogens is 1. The first-order valence-electron chi connectivity index (χ1n) is 9.83. The molecule has 0 radical (unpaired) electrons. The summed E-state index contributed by atoms with van der Waals surface area (Å²) >= 11 is 5.89. The third kappa shape index (κ3) is 4.09. The molecular weight excluding hydrogens is 368 g/mol. The van der Waals surface area contributed by atoms with Crippen LogP contribution in [0.5, 0.6) is 0 Å². The van der Waals surface area contributed by atoms with Crippen LogP contribution in [0.3, 0.4) is 0 Å². The number of ether oxygens (including phenoxy) is 1. The lowest BCUT2D eigenvalue weighted by atomic mass is 10.1. The molecule has 1 fully saturated rings. The van der Waals surface area contributed by atoms with E-state index < -0.39 is 0 Å². The number of rotatable bonds is 5. The molecule has 1 aliphatic rings. The molecule has 28 heavy (non-hydrogen) atoms. The maximum Gasteiger partial charge on any atom is 0.207 e. The van der Waals surface area contributed by atoms with E-state index in [0.29, 0.717) is 0 Å². The number of aryl methyl sites for hydroxylation is 2. The standard InChI is InChI=1S/C22H26N4OS/c1-17-8-9-20(18(2)14-17)26-21(15-19-6-4-3-5-7-19)23-25(22(26)28)16-24-10-12-27-13-11-24/h3-9,14H,10-13,15-16H2,1-2H3/p+1. The normalized spacial score (nSPS) is 15.1. The van der Waals surface area contributed by atoms with E-state index in [1.54, 1.807) is 0 Å². The highest BCUT2D eigenvalue weighted by Gasteiger charge is 2.19. The predicted molar refractivity (Wildman–Crippen MR) is 113 cm³/mol. The number of hydrogen-bond acceptors (Lipinski definition) is 3. The Kier molecular flexibility index (Phi) is 5.71. The summed E-state index contributed by atoms with van der Waals surface area (Å²) in [6.07, 6.45) is 0.753. The highest BCUT2D eigenvalue weighted by Crippen LogP contribution is 2.20. The van der Waals surface area contributed by atoms with Crippen LogP contribution < -0.4 is 4.90 Å². The topological polar surface area (TPSA) is 36.4 Å². The van der Waals surface area contributed by atoms with Gasteiger partial charge in [0.1, 0.15) is 18.9 Å². The van der Waals surface area contributed by atoms with Crippen molar-refractivity contribution in [3.63, 3.8) is 0 Å². The van der Waals surface area contributed by atoms with Gasteiger partial charge in [-0.3, -0.25) is 4.57 Å². The maximum absolute atomic E-state index is 5.89. The molecule has 0 amide bonds. The zero-order valence-corrected chi connectivity index (χ0v) is 17.3. The molecule has 2 aromatic carbocycles. The third-order valence-electron chi connectivity index (χ3n) is 5.28. The van der Waals surface area contributed by atoms with Crippen molar-refractivity contribution in [2.24, 2.45) is 0 Å². The Labute approximate surface area is 171 Å². The van der Waals surface area contributed by atoms with E-state index in [0.717, 1.165) is 55.7 Å². The van der Waals surface area contributed by atoms with Crippen LogP contribution >= 0.6 is 12.2 Å². The zero-order valence-electron chi connectivity index (χ0n) is 16.5. The summed E-state index contributed by atoms with van der Waals surface area (Å²) < 4.78 is 10.4. The van der Waals surface area contributed by atoms with Gasteiger partial charge >= 0.3 is 0 Å². The first-order chi connectivity index (χ1) is 13.6. The van der Waals surface area contributed by atoms with Crippen molar-refractivity contribution in [2.75, 3.05) is 26.3 Å². The summed E-state index contributed by atoms with van der Waals surface area (Å²) in [5.74, 6) is 0.982. The van der Waals surface area contributed by atoms with Gasteiger partial charge in [0, 0.05) is 6.42 Å². The largest absolute Gasteiger partial charge is 0.370 e. The molecule has 1 saturated heterocycles. The summed E-state index contributed by atoms with van der Waals surface area (Å²) in [4.78, 5) is 1.46. The summed E-state index contributed by atoms with van der Waals surface area (Å²) in [5, 5.41) is 4.95. The molecule has 1 N–H and O–H groups in total. The fraction of sp³-hybridized carbons (Fsp3) is 0.364. The number of benzene rings is 2. The Morgan fingerprint density at radius 2 is 1.82 bits per heavy atom. The van der Waals surface area contributed by atoms with Crippen LogP contribution in [0.1, 0.15) is 22.5 Å². The van der Waals surface area contributed by atoms with Crippen molar-refractivity contribution in [3.05, 3.63) is 75.8 Å². The van der Waals surface area contributed by atoms with Crippen molar-refractivity contribution in [1.82, 2.24) is 14.3 Å². The van der Waals surface area contributed by atoms with E-state index in [4.69, 9.17) is 22.1 Å². The van der Waals surface area contributed by atoms with E-state index in [-0.39, 0.29) is 0 Å². The first kappa shape index (κ1) is 19.1. The quantitative estimate of drug-likeness (QED) is 0.675. The molecule has 6 heteroatoms. The summed E-state index contributed by atoms with van der Waals surface area (Å²) in [6, 6.07) is 17.0. The number of morpholine rings is 1. The van der Waals surface area contributed by atoms with Crippen LogP contribution in [0.15, 0.2) is 48.5 Å². The highest BCUT2D eigenvalue weighted by atomic mass is 32.1. The van der Waals surface area contributed by atoms with E-state index >= 15 is 0 Å². The second-order valence-electron chi connectivity index (χ2n) is 7.51. The fourth-order valence-electron chi connectivity index (χ4n) is 3.78. The van der Waals surface area contributed by atoms with Crippen molar-refractivity contribution >= 4 is 12.2 Å². The predicted octanol–water partition coefficient (Wildman–Crippen LogP) is 2.48. The van der Waals surface area contributed by atoms with Gasteiger partial charge in [0.15, 0.2) is 6.67 Å². The highest BCUT2D eigenvalue weighted by molar-refractivity contribution is 7.71. The lowest BCUT2D eigenvalue weighted by Gasteiger charge is -2.23. The monoisotopic (exact) mass is 395 g/mol. The van der Waals surface area contributed by atoms with Crippen molar-refractivity contribution in [1.29, 1.82) is 0 Å². The minimum atomic E-state index is 0.753. The van der Waals surface area contributed by atoms with Gasteiger partial charge in [0.05, 0.1) is 18.9 Å². The van der Waals surface area contributed by atoms with E-state index in [2.05, 4.69) is 60.9 Å². The van der Waals surface area contributed by atoms with Crippen molar-refractivity contribution in [3.8, 4) is 5.69 Å². The molecule has 0 bridgehead atoms. The molecule has 2 heterocycles. The molecule has 1 aromatic heterocycles. The number of hydrogen-bond donors (Lipinski definition) is 1. The van der Waals surface area contributed by atoms with Gasteiger partial charge in [-0.2, -0.15) is 9.78 Å². The molecular formula is C22H27N4OS+. The molecule has 4 rings (SSSR count). The third-order valence-corrected chi connectivity index (χ3v) is 5.67. The van der Waals surface area contributed by atoms with Crippen molar-refractivity contribution < 1.29 is 9.64 Å². The van der Waals surface area contributed by atoms with Gasteiger partial charge in [-0.1, -0.05) is 48.0 Å². The molecule has 1 aliphatic heterocycles. The average Bonchev–Trinajstić information content (AvgIpc) is 2.99. The fourth-order valence-corrected chi connectivity index (χ4v) is 4.09. The number of nitrogens with zero attached hydrogens (tertiary/aromatic N) is 3. The van der Waals surface area contributed by atoms with Gasteiger partial charge in [-0.15, -0.1) is 0 Å². The van der Waals surface area contributed by atoms with E-state index in [1.165, 1.54) is 21.6 Å². The maximum atomic E-state index is 5.89. The Morgan fingerprint density at radius 3 is 2.54 bits per heavy atom. The molecule has 5 nitrogen and oxygen atoms in total. The van der Waals surface area contributed by atoms with Crippen LogP contribution in [0, 0.1) is 18.6 Å². The van der Waals surface area contributed by atoms with E-state index in [1.807, 2.05) is 10.7 Å². The van der Waals surface area contributed by atoms with Gasteiger partial charge in [0.25, 0.3) is 0 Å². The molecule has 3 aromatic rings. The minimum Gasteiger partial charge on any atom is -0.370 e. The van der Waals surface area contributed by atoms with Gasteiger partial charge in [-0.25, -0.2) is 0 Å². The van der Waals surface area contributed by atoms with Crippen LogP contribution in [0.25, 0.3) is 5.69 Å². The first-order valence-corrected chi connectivity index (χ1v) is 10.2. The minimum absolute atomic E-state index is 0.753. The zero-order chi connectivity index (χ0) is 19.5. The summed E-state index contributed by atoms with van der Waals surface area (Å²) in [7, 11) is 0. The molecule has 0 spiro atoms. The van der Waals surface area contributed by atoms with Crippen LogP contribution in [-0.4, -0.2) is 40.7 Å². The average molecular weight is 396 g/mol. The Morgan fingerprint density at radius 1 is 1.07 bits per heavy atom. The molecule has 0 unspecified atom stereocenters. The molecule has 0 atom stereocenters. The SMILES string of the molecule is Cc1ccc(-n2c(Cc3ccccc3)nn(C[NH+]3CCOCC3)c2=S)c(C)c1. The Balaban J connectivity index is 1.76. The Bertz CT molecular complexity index is 1000.